The van der Waals surface area contributed by atoms with Crippen molar-refractivity contribution >= 4 is 11.6 Å². The Morgan fingerprint density at radius 1 is 1.38 bits per heavy atom. The van der Waals surface area contributed by atoms with E-state index in [0.717, 1.165) is 17.7 Å². The van der Waals surface area contributed by atoms with Gasteiger partial charge in [0.05, 0.1) is 11.6 Å². The highest BCUT2D eigenvalue weighted by atomic mass is 35.5. The van der Waals surface area contributed by atoms with Crippen molar-refractivity contribution in [2.24, 2.45) is 5.73 Å². The zero-order valence-electron chi connectivity index (χ0n) is 9.70. The third-order valence-corrected chi connectivity index (χ3v) is 2.42. The van der Waals surface area contributed by atoms with Gasteiger partial charge in [-0.1, -0.05) is 23.7 Å². The van der Waals surface area contributed by atoms with Gasteiger partial charge in [-0.2, -0.15) is 0 Å². The maximum absolute atomic E-state index is 6.09. The predicted octanol–water partition coefficient (Wildman–Crippen LogP) is 2.25. The zero-order valence-corrected chi connectivity index (χ0v) is 10.5. The van der Waals surface area contributed by atoms with Crippen molar-refractivity contribution < 1.29 is 9.47 Å². The van der Waals surface area contributed by atoms with Crippen LogP contribution in [-0.4, -0.2) is 26.4 Å². The standard InChI is InChI=1S/C12H18ClNO2/c1-9(14)8-10-4-3-5-11(13)12(10)16-7-6-15-2/h3-5,9H,6-8,14H2,1-2H3. The zero-order chi connectivity index (χ0) is 12.0. The Morgan fingerprint density at radius 2 is 2.12 bits per heavy atom. The lowest BCUT2D eigenvalue weighted by atomic mass is 10.1. The number of hydrogen-bond acceptors (Lipinski definition) is 3. The van der Waals surface area contributed by atoms with Crippen molar-refractivity contribution in [3.63, 3.8) is 0 Å². The smallest absolute Gasteiger partial charge is 0.141 e. The second kappa shape index (κ2) is 6.74. The molecule has 1 rings (SSSR count). The van der Waals surface area contributed by atoms with E-state index in [0.29, 0.717) is 18.2 Å². The highest BCUT2D eigenvalue weighted by Crippen LogP contribution is 2.29. The van der Waals surface area contributed by atoms with Crippen LogP contribution in [0, 0.1) is 0 Å². The van der Waals surface area contributed by atoms with Crippen LogP contribution in [0.1, 0.15) is 12.5 Å². The first-order valence-electron chi connectivity index (χ1n) is 5.30. The molecule has 1 atom stereocenters. The van der Waals surface area contributed by atoms with Gasteiger partial charge in [-0.05, 0) is 25.0 Å². The minimum Gasteiger partial charge on any atom is -0.489 e. The van der Waals surface area contributed by atoms with Crippen molar-refractivity contribution in [2.45, 2.75) is 19.4 Å². The van der Waals surface area contributed by atoms with Crippen molar-refractivity contribution in [1.82, 2.24) is 0 Å². The van der Waals surface area contributed by atoms with Crippen molar-refractivity contribution in [2.75, 3.05) is 20.3 Å². The molecule has 1 unspecified atom stereocenters. The third-order valence-electron chi connectivity index (χ3n) is 2.12. The van der Waals surface area contributed by atoms with Crippen molar-refractivity contribution in [3.05, 3.63) is 28.8 Å². The molecule has 0 fully saturated rings. The van der Waals surface area contributed by atoms with Gasteiger partial charge in [-0.15, -0.1) is 0 Å². The van der Waals surface area contributed by atoms with Crippen LogP contribution >= 0.6 is 11.6 Å². The second-order valence-corrected chi connectivity index (χ2v) is 4.16. The van der Waals surface area contributed by atoms with Gasteiger partial charge in [0.1, 0.15) is 12.4 Å². The Labute approximate surface area is 101 Å². The number of nitrogens with two attached hydrogens (primary N) is 1. The van der Waals surface area contributed by atoms with Crippen LogP contribution in [0.2, 0.25) is 5.02 Å². The molecule has 2 N–H and O–H groups in total. The molecule has 0 bridgehead atoms. The van der Waals surface area contributed by atoms with Gasteiger partial charge < -0.3 is 15.2 Å². The summed E-state index contributed by atoms with van der Waals surface area (Å²) < 4.78 is 10.5. The monoisotopic (exact) mass is 243 g/mol. The topological polar surface area (TPSA) is 44.5 Å². The summed E-state index contributed by atoms with van der Waals surface area (Å²) in [7, 11) is 1.64. The lowest BCUT2D eigenvalue weighted by Gasteiger charge is -2.14. The Hall–Kier alpha value is -0.770. The Morgan fingerprint density at radius 3 is 2.75 bits per heavy atom. The molecule has 0 heterocycles. The van der Waals surface area contributed by atoms with Crippen LogP contribution in [-0.2, 0) is 11.2 Å². The molecule has 16 heavy (non-hydrogen) atoms. The maximum atomic E-state index is 6.09. The van der Waals surface area contributed by atoms with Crippen LogP contribution in [0.4, 0.5) is 0 Å². The number of benzene rings is 1. The van der Waals surface area contributed by atoms with Gasteiger partial charge in [0.15, 0.2) is 0 Å². The van der Waals surface area contributed by atoms with E-state index >= 15 is 0 Å². The first-order chi connectivity index (χ1) is 7.65. The molecule has 1 aromatic rings. The van der Waals surface area contributed by atoms with Gasteiger partial charge in [0.2, 0.25) is 0 Å². The van der Waals surface area contributed by atoms with E-state index < -0.39 is 0 Å². The fourth-order valence-corrected chi connectivity index (χ4v) is 1.70. The molecule has 0 aromatic heterocycles. The summed E-state index contributed by atoms with van der Waals surface area (Å²) in [5.41, 5.74) is 6.82. The number of hydrogen-bond donors (Lipinski definition) is 1. The highest BCUT2D eigenvalue weighted by Gasteiger charge is 2.09. The van der Waals surface area contributed by atoms with Gasteiger partial charge in [-0.3, -0.25) is 0 Å². The SMILES string of the molecule is COCCOc1c(Cl)cccc1CC(C)N. The van der Waals surface area contributed by atoms with Gasteiger partial charge >= 0.3 is 0 Å². The molecule has 0 saturated carbocycles. The molecule has 4 heteroatoms. The Bertz CT molecular complexity index is 329. The average molecular weight is 244 g/mol. The highest BCUT2D eigenvalue weighted by molar-refractivity contribution is 6.32. The summed E-state index contributed by atoms with van der Waals surface area (Å²) in [6.45, 7) is 2.99. The quantitative estimate of drug-likeness (QED) is 0.780. The molecule has 0 aliphatic carbocycles. The van der Waals surface area contributed by atoms with Gasteiger partial charge in [-0.25, -0.2) is 0 Å². The Balaban J connectivity index is 2.77. The van der Waals surface area contributed by atoms with Crippen LogP contribution in [0.3, 0.4) is 0 Å². The number of halogens is 1. The normalized spacial score (nSPS) is 12.5. The molecule has 0 spiro atoms. The minimum absolute atomic E-state index is 0.0863. The van der Waals surface area contributed by atoms with Crippen LogP contribution in [0.15, 0.2) is 18.2 Å². The summed E-state index contributed by atoms with van der Waals surface area (Å²) in [6, 6.07) is 5.79. The fourth-order valence-electron chi connectivity index (χ4n) is 1.45. The summed E-state index contributed by atoms with van der Waals surface area (Å²) in [6.07, 6.45) is 0.753. The number of para-hydroxylation sites is 1. The Kier molecular flexibility index (Phi) is 5.60. The molecule has 0 aliphatic heterocycles. The molecule has 90 valence electrons. The molecule has 0 saturated heterocycles. The lowest BCUT2D eigenvalue weighted by molar-refractivity contribution is 0.146. The van der Waals surface area contributed by atoms with E-state index in [9.17, 15) is 0 Å². The average Bonchev–Trinajstić information content (AvgIpc) is 2.21. The molecule has 3 nitrogen and oxygen atoms in total. The van der Waals surface area contributed by atoms with E-state index in [4.69, 9.17) is 26.8 Å². The van der Waals surface area contributed by atoms with Crippen LogP contribution in [0.25, 0.3) is 0 Å². The molecule has 0 radical (unpaired) electrons. The van der Waals surface area contributed by atoms with Gasteiger partial charge in [0.25, 0.3) is 0 Å². The molecular formula is C12H18ClNO2. The van der Waals surface area contributed by atoms with Crippen LogP contribution < -0.4 is 10.5 Å². The van der Waals surface area contributed by atoms with Crippen LogP contribution in [0.5, 0.6) is 5.75 Å². The first-order valence-corrected chi connectivity index (χ1v) is 5.67. The van der Waals surface area contributed by atoms with Crippen molar-refractivity contribution in [3.8, 4) is 5.75 Å². The number of methoxy groups -OCH3 is 1. The maximum Gasteiger partial charge on any atom is 0.141 e. The lowest BCUT2D eigenvalue weighted by Crippen LogP contribution is -2.18. The minimum atomic E-state index is 0.0863. The van der Waals surface area contributed by atoms with E-state index in [1.54, 1.807) is 7.11 Å². The van der Waals surface area contributed by atoms with E-state index in [2.05, 4.69) is 0 Å². The van der Waals surface area contributed by atoms with E-state index in [1.165, 1.54) is 0 Å². The largest absolute Gasteiger partial charge is 0.489 e. The van der Waals surface area contributed by atoms with E-state index in [-0.39, 0.29) is 6.04 Å². The predicted molar refractivity (Wildman–Crippen MR) is 66.2 cm³/mol. The van der Waals surface area contributed by atoms with E-state index in [1.807, 2.05) is 25.1 Å². The third kappa shape index (κ3) is 4.00. The number of ether oxygens (including phenoxy) is 2. The summed E-state index contributed by atoms with van der Waals surface area (Å²) in [5.74, 6) is 0.721. The molecule has 0 amide bonds. The summed E-state index contributed by atoms with van der Waals surface area (Å²) in [4.78, 5) is 0. The summed E-state index contributed by atoms with van der Waals surface area (Å²) >= 11 is 6.09. The molecule has 1 aromatic carbocycles. The fraction of sp³-hybridized carbons (Fsp3) is 0.500. The summed E-state index contributed by atoms with van der Waals surface area (Å²) in [5, 5.41) is 0.620. The molecule has 0 aliphatic rings. The van der Waals surface area contributed by atoms with Gasteiger partial charge in [0, 0.05) is 13.2 Å². The second-order valence-electron chi connectivity index (χ2n) is 3.75. The van der Waals surface area contributed by atoms with Crippen molar-refractivity contribution in [1.29, 1.82) is 0 Å². The number of rotatable bonds is 6. The molecular weight excluding hydrogens is 226 g/mol. The first kappa shape index (κ1) is 13.3.